The fourth-order valence-corrected chi connectivity index (χ4v) is 3.04. The van der Waals surface area contributed by atoms with E-state index in [-0.39, 0.29) is 41.7 Å². The summed E-state index contributed by atoms with van der Waals surface area (Å²) in [7, 11) is 0. The Bertz CT molecular complexity index is 838. The fourth-order valence-electron chi connectivity index (χ4n) is 3.04. The van der Waals surface area contributed by atoms with Crippen molar-refractivity contribution in [3.05, 3.63) is 54.0 Å². The molecule has 2 aromatic rings. The van der Waals surface area contributed by atoms with E-state index in [4.69, 9.17) is 13.9 Å². The SMILES string of the molecule is C[C@H]1CN(C(=O)COC(=O)c2ccccc2NC(=O)c2ccco2)C[C@H](C)O1. The number of hydrogen-bond acceptors (Lipinski definition) is 6. The molecule has 0 spiro atoms. The summed E-state index contributed by atoms with van der Waals surface area (Å²) in [6.07, 6.45) is 1.25. The lowest BCUT2D eigenvalue weighted by Gasteiger charge is -2.35. The minimum absolute atomic E-state index is 0.0686. The molecular weight excluding hydrogens is 364 g/mol. The first-order valence-corrected chi connectivity index (χ1v) is 8.98. The number of benzene rings is 1. The Morgan fingerprint density at radius 1 is 1.11 bits per heavy atom. The third-order valence-corrected chi connectivity index (χ3v) is 4.24. The van der Waals surface area contributed by atoms with Crippen LogP contribution in [-0.2, 0) is 14.3 Å². The summed E-state index contributed by atoms with van der Waals surface area (Å²) in [5.41, 5.74) is 0.425. The Hall–Kier alpha value is -3.13. The van der Waals surface area contributed by atoms with Crippen molar-refractivity contribution in [2.45, 2.75) is 26.1 Å². The molecule has 1 aromatic carbocycles. The predicted octanol–water partition coefficient (Wildman–Crippen LogP) is 2.32. The highest BCUT2D eigenvalue weighted by atomic mass is 16.5. The topological polar surface area (TPSA) is 98.1 Å². The van der Waals surface area contributed by atoms with E-state index in [1.807, 2.05) is 13.8 Å². The molecule has 28 heavy (non-hydrogen) atoms. The number of furan rings is 1. The third-order valence-electron chi connectivity index (χ3n) is 4.24. The van der Waals surface area contributed by atoms with Gasteiger partial charge in [0.15, 0.2) is 12.4 Å². The molecule has 2 atom stereocenters. The number of carbonyl (C=O) groups is 3. The van der Waals surface area contributed by atoms with Gasteiger partial charge in [0.2, 0.25) is 0 Å². The van der Waals surface area contributed by atoms with Crippen LogP contribution in [0, 0.1) is 0 Å². The molecule has 1 fully saturated rings. The molecule has 1 aliphatic heterocycles. The molecule has 0 unspecified atom stereocenters. The lowest BCUT2D eigenvalue weighted by molar-refractivity contribution is -0.146. The summed E-state index contributed by atoms with van der Waals surface area (Å²) in [4.78, 5) is 38.6. The average molecular weight is 386 g/mol. The van der Waals surface area contributed by atoms with Gasteiger partial charge in [0.1, 0.15) is 0 Å². The van der Waals surface area contributed by atoms with Gasteiger partial charge in [0.25, 0.3) is 11.8 Å². The van der Waals surface area contributed by atoms with Crippen molar-refractivity contribution in [2.75, 3.05) is 25.0 Å². The van der Waals surface area contributed by atoms with Crippen LogP contribution in [0.4, 0.5) is 5.69 Å². The molecule has 1 N–H and O–H groups in total. The van der Waals surface area contributed by atoms with Crippen LogP contribution >= 0.6 is 0 Å². The zero-order chi connectivity index (χ0) is 20.1. The van der Waals surface area contributed by atoms with Crippen molar-refractivity contribution < 1.29 is 28.3 Å². The first-order valence-electron chi connectivity index (χ1n) is 8.98. The number of hydrogen-bond donors (Lipinski definition) is 1. The molecule has 8 nitrogen and oxygen atoms in total. The molecule has 2 amide bonds. The van der Waals surface area contributed by atoms with Gasteiger partial charge in [-0.05, 0) is 38.1 Å². The normalized spacial score (nSPS) is 19.1. The number of nitrogens with one attached hydrogen (secondary N) is 1. The molecule has 8 heteroatoms. The molecule has 2 heterocycles. The second kappa shape index (κ2) is 8.71. The summed E-state index contributed by atoms with van der Waals surface area (Å²) in [6.45, 7) is 4.31. The van der Waals surface area contributed by atoms with E-state index in [0.29, 0.717) is 13.1 Å². The summed E-state index contributed by atoms with van der Waals surface area (Å²) in [6, 6.07) is 9.52. The fraction of sp³-hybridized carbons (Fsp3) is 0.350. The number of morpholine rings is 1. The number of rotatable bonds is 5. The molecular formula is C20H22N2O6. The zero-order valence-corrected chi connectivity index (χ0v) is 15.7. The highest BCUT2D eigenvalue weighted by Gasteiger charge is 2.27. The number of esters is 1. The van der Waals surface area contributed by atoms with E-state index in [1.165, 1.54) is 18.4 Å². The van der Waals surface area contributed by atoms with E-state index in [2.05, 4.69) is 5.32 Å². The summed E-state index contributed by atoms with van der Waals surface area (Å²) >= 11 is 0. The van der Waals surface area contributed by atoms with Crippen molar-refractivity contribution in [2.24, 2.45) is 0 Å². The van der Waals surface area contributed by atoms with Crippen LogP contribution in [0.1, 0.15) is 34.8 Å². The lowest BCUT2D eigenvalue weighted by atomic mass is 10.1. The molecule has 1 aliphatic rings. The monoisotopic (exact) mass is 386 g/mol. The Morgan fingerprint density at radius 2 is 1.82 bits per heavy atom. The van der Waals surface area contributed by atoms with Crippen molar-refractivity contribution in [3.8, 4) is 0 Å². The molecule has 0 bridgehead atoms. The van der Waals surface area contributed by atoms with Crippen LogP contribution in [0.2, 0.25) is 0 Å². The van der Waals surface area contributed by atoms with Gasteiger partial charge in [-0.3, -0.25) is 9.59 Å². The van der Waals surface area contributed by atoms with Crippen molar-refractivity contribution in [3.63, 3.8) is 0 Å². The Labute approximate surface area is 162 Å². The number of amides is 2. The largest absolute Gasteiger partial charge is 0.459 e. The zero-order valence-electron chi connectivity index (χ0n) is 15.7. The van der Waals surface area contributed by atoms with E-state index in [1.54, 1.807) is 29.2 Å². The maximum atomic E-state index is 12.5. The summed E-state index contributed by atoms with van der Waals surface area (Å²) in [5.74, 6) is -1.35. The molecule has 0 saturated carbocycles. The number of nitrogens with zero attached hydrogens (tertiary/aromatic N) is 1. The van der Waals surface area contributed by atoms with Crippen LogP contribution < -0.4 is 5.32 Å². The number of para-hydroxylation sites is 1. The van der Waals surface area contributed by atoms with E-state index in [9.17, 15) is 14.4 Å². The van der Waals surface area contributed by atoms with Crippen LogP contribution in [0.3, 0.4) is 0 Å². The Kier molecular flexibility index (Phi) is 6.10. The second-order valence-corrected chi connectivity index (χ2v) is 6.61. The summed E-state index contributed by atoms with van der Waals surface area (Å²) in [5, 5.41) is 2.61. The molecule has 148 valence electrons. The lowest BCUT2D eigenvalue weighted by Crippen LogP contribution is -2.49. The van der Waals surface area contributed by atoms with Gasteiger partial charge in [0.05, 0.1) is 29.7 Å². The third kappa shape index (κ3) is 4.77. The number of anilines is 1. The maximum absolute atomic E-state index is 12.5. The van der Waals surface area contributed by atoms with E-state index in [0.717, 1.165) is 0 Å². The average Bonchev–Trinajstić information content (AvgIpc) is 3.20. The van der Waals surface area contributed by atoms with Crippen LogP contribution in [0.15, 0.2) is 47.1 Å². The Balaban J connectivity index is 1.61. The van der Waals surface area contributed by atoms with Crippen LogP contribution in [0.5, 0.6) is 0 Å². The van der Waals surface area contributed by atoms with Gasteiger partial charge in [0, 0.05) is 13.1 Å². The minimum Gasteiger partial charge on any atom is -0.459 e. The first kappa shape index (κ1) is 19.6. The van der Waals surface area contributed by atoms with Crippen molar-refractivity contribution >= 4 is 23.5 Å². The van der Waals surface area contributed by atoms with Gasteiger partial charge in [-0.25, -0.2) is 4.79 Å². The first-order chi connectivity index (χ1) is 13.4. The number of carbonyl (C=O) groups excluding carboxylic acids is 3. The number of ether oxygens (including phenoxy) is 2. The molecule has 0 aliphatic carbocycles. The van der Waals surface area contributed by atoms with Gasteiger partial charge < -0.3 is 24.1 Å². The predicted molar refractivity (Wildman–Crippen MR) is 100.0 cm³/mol. The smallest absolute Gasteiger partial charge is 0.340 e. The van der Waals surface area contributed by atoms with E-state index < -0.39 is 11.9 Å². The molecule has 0 radical (unpaired) electrons. The summed E-state index contributed by atoms with van der Waals surface area (Å²) < 4.78 is 15.8. The standard InChI is InChI=1S/C20H22N2O6/c1-13-10-22(11-14(2)28-13)18(23)12-27-20(25)15-6-3-4-7-16(15)21-19(24)17-8-5-9-26-17/h3-9,13-14H,10-12H2,1-2H3,(H,21,24)/t13-,14-/m0/s1. The molecule has 1 saturated heterocycles. The highest BCUT2D eigenvalue weighted by Crippen LogP contribution is 2.18. The van der Waals surface area contributed by atoms with Crippen molar-refractivity contribution in [1.29, 1.82) is 0 Å². The van der Waals surface area contributed by atoms with Crippen LogP contribution in [-0.4, -0.2) is 54.6 Å². The van der Waals surface area contributed by atoms with Gasteiger partial charge in [-0.2, -0.15) is 0 Å². The van der Waals surface area contributed by atoms with Gasteiger partial charge in [-0.15, -0.1) is 0 Å². The van der Waals surface area contributed by atoms with Crippen molar-refractivity contribution in [1.82, 2.24) is 4.90 Å². The van der Waals surface area contributed by atoms with Gasteiger partial charge >= 0.3 is 5.97 Å². The molecule has 3 rings (SSSR count). The second-order valence-electron chi connectivity index (χ2n) is 6.61. The van der Waals surface area contributed by atoms with Crippen LogP contribution in [0.25, 0.3) is 0 Å². The van der Waals surface area contributed by atoms with E-state index >= 15 is 0 Å². The maximum Gasteiger partial charge on any atom is 0.340 e. The quantitative estimate of drug-likeness (QED) is 0.792. The Morgan fingerprint density at radius 3 is 2.50 bits per heavy atom. The van der Waals surface area contributed by atoms with Gasteiger partial charge in [-0.1, -0.05) is 12.1 Å². The highest BCUT2D eigenvalue weighted by molar-refractivity contribution is 6.06. The molecule has 1 aromatic heterocycles. The minimum atomic E-state index is -0.696.